The van der Waals surface area contributed by atoms with Gasteiger partial charge < -0.3 is 25.2 Å². The monoisotopic (exact) mass is 332 g/mol. The Kier molecular flexibility index (Phi) is 8.06. The molecule has 3 N–H and O–H groups in total. The minimum Gasteiger partial charge on any atom is -0.481 e. The average Bonchev–Trinajstić information content (AvgIpc) is 2.39. The molecule has 0 aromatic rings. The summed E-state index contributed by atoms with van der Waals surface area (Å²) in [5.41, 5.74) is -0.767. The summed E-state index contributed by atoms with van der Waals surface area (Å²) < 4.78 is 9.51. The lowest BCUT2D eigenvalue weighted by Crippen LogP contribution is -2.51. The van der Waals surface area contributed by atoms with Crippen LogP contribution in [0.2, 0.25) is 0 Å². The van der Waals surface area contributed by atoms with Gasteiger partial charge in [0.05, 0.1) is 7.11 Å². The molecular formula is C14H24N2O7. The Bertz CT molecular complexity index is 457. The zero-order valence-electron chi connectivity index (χ0n) is 14.0. The van der Waals surface area contributed by atoms with Gasteiger partial charge in [0, 0.05) is 6.42 Å². The average molecular weight is 332 g/mol. The first-order valence-electron chi connectivity index (χ1n) is 7.05. The van der Waals surface area contributed by atoms with Crippen LogP contribution in [0, 0.1) is 0 Å². The van der Waals surface area contributed by atoms with Crippen LogP contribution in [0.25, 0.3) is 0 Å². The predicted molar refractivity (Wildman–Crippen MR) is 79.6 cm³/mol. The van der Waals surface area contributed by atoms with E-state index < -0.39 is 41.6 Å². The molecule has 0 fully saturated rings. The Morgan fingerprint density at radius 2 is 1.70 bits per heavy atom. The molecule has 0 aromatic heterocycles. The third kappa shape index (κ3) is 9.33. The van der Waals surface area contributed by atoms with E-state index in [1.54, 1.807) is 20.8 Å². The molecule has 9 heteroatoms. The number of hydrogen-bond acceptors (Lipinski definition) is 6. The lowest BCUT2D eigenvalue weighted by atomic mass is 10.1. The van der Waals surface area contributed by atoms with E-state index in [2.05, 4.69) is 15.4 Å². The Labute approximate surface area is 134 Å². The van der Waals surface area contributed by atoms with Crippen LogP contribution in [0.4, 0.5) is 4.79 Å². The van der Waals surface area contributed by atoms with Gasteiger partial charge in [0.25, 0.3) is 0 Å². The quantitative estimate of drug-likeness (QED) is 0.576. The first kappa shape index (κ1) is 20.7. The summed E-state index contributed by atoms with van der Waals surface area (Å²) in [6.45, 7) is 6.36. The number of methoxy groups -OCH3 is 1. The zero-order valence-corrected chi connectivity index (χ0v) is 14.0. The number of carbonyl (C=O) groups is 4. The number of carboxylic acid groups (broad SMARTS) is 1. The molecule has 23 heavy (non-hydrogen) atoms. The molecular weight excluding hydrogens is 308 g/mol. The number of carbonyl (C=O) groups excluding carboxylic acids is 3. The number of alkyl carbamates (subject to hydrolysis) is 1. The van der Waals surface area contributed by atoms with Gasteiger partial charge in [0.2, 0.25) is 5.91 Å². The van der Waals surface area contributed by atoms with Crippen molar-refractivity contribution in [2.75, 3.05) is 7.11 Å². The van der Waals surface area contributed by atoms with Crippen LogP contribution in [0.15, 0.2) is 0 Å². The van der Waals surface area contributed by atoms with Gasteiger partial charge in [-0.05, 0) is 34.1 Å². The van der Waals surface area contributed by atoms with Crippen molar-refractivity contribution >= 4 is 23.9 Å². The molecule has 2 amide bonds. The van der Waals surface area contributed by atoms with Crippen molar-refractivity contribution in [3.8, 4) is 0 Å². The summed E-state index contributed by atoms with van der Waals surface area (Å²) in [5, 5.41) is 13.4. The van der Waals surface area contributed by atoms with Gasteiger partial charge in [-0.2, -0.15) is 0 Å². The van der Waals surface area contributed by atoms with E-state index in [0.29, 0.717) is 0 Å². The standard InChI is InChI=1S/C14H24N2O7/c1-8(12(20)22-5)15-11(19)9(6-7-10(17)18)16-13(21)23-14(2,3)4/h8-9H,6-7H2,1-5H3,(H,15,19)(H,16,21)(H,17,18)/t8-,9+/m0/s1. The lowest BCUT2D eigenvalue weighted by Gasteiger charge is -2.23. The second kappa shape index (κ2) is 8.96. The highest BCUT2D eigenvalue weighted by atomic mass is 16.6. The summed E-state index contributed by atoms with van der Waals surface area (Å²) in [7, 11) is 1.17. The molecule has 2 atom stereocenters. The highest BCUT2D eigenvalue weighted by Crippen LogP contribution is 2.08. The summed E-state index contributed by atoms with van der Waals surface area (Å²) in [4.78, 5) is 45.8. The van der Waals surface area contributed by atoms with E-state index in [4.69, 9.17) is 9.84 Å². The van der Waals surface area contributed by atoms with Gasteiger partial charge in [0.1, 0.15) is 17.7 Å². The second-order valence-corrected chi connectivity index (χ2v) is 5.88. The predicted octanol–water partition coefficient (Wildman–Crippen LogP) is 0.422. The van der Waals surface area contributed by atoms with Crippen LogP contribution in [0.1, 0.15) is 40.5 Å². The molecule has 0 aliphatic heterocycles. The Morgan fingerprint density at radius 3 is 2.13 bits per heavy atom. The van der Waals surface area contributed by atoms with E-state index in [1.165, 1.54) is 14.0 Å². The molecule has 0 aliphatic rings. The highest BCUT2D eigenvalue weighted by molar-refractivity contribution is 5.89. The molecule has 9 nitrogen and oxygen atoms in total. The minimum atomic E-state index is -1.15. The Hall–Kier alpha value is -2.32. The normalized spacial score (nSPS) is 13.4. The number of amides is 2. The van der Waals surface area contributed by atoms with Gasteiger partial charge in [0.15, 0.2) is 0 Å². The number of nitrogens with one attached hydrogen (secondary N) is 2. The van der Waals surface area contributed by atoms with Crippen LogP contribution in [0.5, 0.6) is 0 Å². The van der Waals surface area contributed by atoms with E-state index in [-0.39, 0.29) is 12.8 Å². The molecule has 0 aliphatic carbocycles. The van der Waals surface area contributed by atoms with Gasteiger partial charge in [-0.1, -0.05) is 0 Å². The summed E-state index contributed by atoms with van der Waals surface area (Å²) >= 11 is 0. The lowest BCUT2D eigenvalue weighted by molar-refractivity contribution is -0.145. The number of esters is 1. The van der Waals surface area contributed by atoms with E-state index >= 15 is 0 Å². The summed E-state index contributed by atoms with van der Waals surface area (Å²) in [6.07, 6.45) is -1.33. The SMILES string of the molecule is COC(=O)[C@H](C)NC(=O)[C@@H](CCC(=O)O)NC(=O)OC(C)(C)C. The van der Waals surface area contributed by atoms with Gasteiger partial charge in [-0.25, -0.2) is 9.59 Å². The van der Waals surface area contributed by atoms with Gasteiger partial charge in [-0.15, -0.1) is 0 Å². The molecule has 0 bridgehead atoms. The molecule has 0 aromatic carbocycles. The number of hydrogen-bond donors (Lipinski definition) is 3. The Balaban J connectivity index is 4.85. The molecule has 0 radical (unpaired) electrons. The number of ether oxygens (including phenoxy) is 2. The van der Waals surface area contributed by atoms with E-state index in [1.807, 2.05) is 0 Å². The van der Waals surface area contributed by atoms with Crippen molar-refractivity contribution in [1.82, 2.24) is 10.6 Å². The van der Waals surface area contributed by atoms with Gasteiger partial charge in [-0.3, -0.25) is 9.59 Å². The van der Waals surface area contributed by atoms with Crippen LogP contribution in [-0.2, 0) is 23.9 Å². The fourth-order valence-corrected chi connectivity index (χ4v) is 1.54. The second-order valence-electron chi connectivity index (χ2n) is 5.88. The first-order valence-corrected chi connectivity index (χ1v) is 7.05. The van der Waals surface area contributed by atoms with E-state index in [0.717, 1.165) is 0 Å². The summed E-state index contributed by atoms with van der Waals surface area (Å²) in [6, 6.07) is -2.08. The zero-order chi connectivity index (χ0) is 18.2. The highest BCUT2D eigenvalue weighted by Gasteiger charge is 2.27. The van der Waals surface area contributed by atoms with Crippen molar-refractivity contribution in [3.05, 3.63) is 0 Å². The van der Waals surface area contributed by atoms with Crippen LogP contribution >= 0.6 is 0 Å². The maximum absolute atomic E-state index is 12.1. The topological polar surface area (TPSA) is 131 Å². The van der Waals surface area contributed by atoms with Crippen LogP contribution in [0.3, 0.4) is 0 Å². The fourth-order valence-electron chi connectivity index (χ4n) is 1.54. The number of aliphatic carboxylic acids is 1. The number of rotatable bonds is 7. The molecule has 0 rings (SSSR count). The molecule has 0 spiro atoms. The van der Waals surface area contributed by atoms with Crippen molar-refractivity contribution in [1.29, 1.82) is 0 Å². The molecule has 0 unspecified atom stereocenters. The molecule has 132 valence electrons. The van der Waals surface area contributed by atoms with Crippen LogP contribution in [-0.4, -0.2) is 53.8 Å². The van der Waals surface area contributed by atoms with Crippen molar-refractivity contribution < 1.29 is 33.8 Å². The molecule has 0 saturated heterocycles. The largest absolute Gasteiger partial charge is 0.481 e. The summed E-state index contributed by atoms with van der Waals surface area (Å²) in [5.74, 6) is -2.47. The minimum absolute atomic E-state index is 0.145. The van der Waals surface area contributed by atoms with E-state index in [9.17, 15) is 19.2 Å². The third-order valence-electron chi connectivity index (χ3n) is 2.57. The van der Waals surface area contributed by atoms with Crippen molar-refractivity contribution in [3.63, 3.8) is 0 Å². The smallest absolute Gasteiger partial charge is 0.408 e. The number of carboxylic acids is 1. The van der Waals surface area contributed by atoms with Gasteiger partial charge >= 0.3 is 18.0 Å². The van der Waals surface area contributed by atoms with Crippen molar-refractivity contribution in [2.24, 2.45) is 0 Å². The Morgan fingerprint density at radius 1 is 1.13 bits per heavy atom. The molecule has 0 heterocycles. The maximum atomic E-state index is 12.1. The van der Waals surface area contributed by atoms with Crippen molar-refractivity contribution in [2.45, 2.75) is 58.2 Å². The first-order chi connectivity index (χ1) is 10.5. The maximum Gasteiger partial charge on any atom is 0.408 e. The van der Waals surface area contributed by atoms with Crippen LogP contribution < -0.4 is 10.6 Å². The molecule has 0 saturated carbocycles. The fraction of sp³-hybridized carbons (Fsp3) is 0.714. The third-order valence-corrected chi connectivity index (χ3v) is 2.57.